The van der Waals surface area contributed by atoms with Gasteiger partial charge in [-0.25, -0.2) is 14.6 Å². The lowest BCUT2D eigenvalue weighted by Crippen LogP contribution is -2.33. The molecule has 4 aromatic rings. The lowest BCUT2D eigenvalue weighted by atomic mass is 9.83. The van der Waals surface area contributed by atoms with Crippen molar-refractivity contribution in [3.05, 3.63) is 135 Å². The van der Waals surface area contributed by atoms with Crippen LogP contribution in [0.25, 0.3) is 10.6 Å². The Balaban J connectivity index is 1.53. The number of dihydropyridines is 1. The van der Waals surface area contributed by atoms with Gasteiger partial charge >= 0.3 is 11.9 Å². The standard InChI is InChI=1S/C34H31ClN2O4S/c1-20-29(33(38)40-22(3)24-11-7-5-8-12-24)31(28-19-42-32(37-28)26-15-17-27(35)18-16-26)30(21(2)36-20)34(39)41-23(4)25-13-9-6-10-14-25/h5-19,22-23,31,36H,1-4H3. The van der Waals surface area contributed by atoms with Crippen LogP contribution in [0.1, 0.15) is 62.6 Å². The molecule has 0 spiro atoms. The summed E-state index contributed by atoms with van der Waals surface area (Å²) in [6.45, 7) is 7.27. The first-order chi connectivity index (χ1) is 20.2. The van der Waals surface area contributed by atoms with E-state index in [0.29, 0.717) is 33.3 Å². The number of halogens is 1. The quantitative estimate of drug-likeness (QED) is 0.206. The third-order valence-electron chi connectivity index (χ3n) is 7.21. The van der Waals surface area contributed by atoms with Crippen molar-refractivity contribution in [2.24, 2.45) is 0 Å². The number of esters is 2. The molecule has 2 unspecified atom stereocenters. The van der Waals surface area contributed by atoms with Crippen LogP contribution in [0.2, 0.25) is 5.02 Å². The largest absolute Gasteiger partial charge is 0.454 e. The smallest absolute Gasteiger partial charge is 0.337 e. The number of carbonyl (C=O) groups excluding carboxylic acids is 2. The highest BCUT2D eigenvalue weighted by Crippen LogP contribution is 2.42. The second-order valence-corrected chi connectivity index (χ2v) is 11.4. The molecule has 1 aliphatic rings. The number of nitrogens with one attached hydrogen (secondary N) is 1. The van der Waals surface area contributed by atoms with Crippen LogP contribution in [0.4, 0.5) is 0 Å². The van der Waals surface area contributed by atoms with Crippen LogP contribution in [0.15, 0.2) is 113 Å². The second kappa shape index (κ2) is 12.8. The number of aromatic nitrogens is 1. The van der Waals surface area contributed by atoms with Crippen LogP contribution in [0.3, 0.4) is 0 Å². The van der Waals surface area contributed by atoms with Crippen LogP contribution in [0.5, 0.6) is 0 Å². The SMILES string of the molecule is CC1=C(C(=O)OC(C)c2ccccc2)C(c2csc(-c3ccc(Cl)cc3)n2)C(C(=O)OC(C)c2ccccc2)=C(C)N1. The fraction of sp³-hybridized carbons (Fsp3) is 0.206. The molecule has 5 rings (SSSR count). The number of thiazole rings is 1. The Morgan fingerprint density at radius 1 is 0.786 bits per heavy atom. The number of hydrogen-bond donors (Lipinski definition) is 1. The summed E-state index contributed by atoms with van der Waals surface area (Å²) in [4.78, 5) is 32.7. The number of hydrogen-bond acceptors (Lipinski definition) is 7. The molecule has 0 saturated carbocycles. The van der Waals surface area contributed by atoms with E-state index in [0.717, 1.165) is 21.7 Å². The topological polar surface area (TPSA) is 77.5 Å². The van der Waals surface area contributed by atoms with E-state index in [1.165, 1.54) is 11.3 Å². The zero-order valence-corrected chi connectivity index (χ0v) is 25.3. The van der Waals surface area contributed by atoms with Crippen molar-refractivity contribution >= 4 is 34.9 Å². The highest BCUT2D eigenvalue weighted by molar-refractivity contribution is 7.13. The average Bonchev–Trinajstić information content (AvgIpc) is 3.48. The molecule has 1 aromatic heterocycles. The Morgan fingerprint density at radius 2 is 1.26 bits per heavy atom. The highest BCUT2D eigenvalue weighted by atomic mass is 35.5. The number of carbonyl (C=O) groups is 2. The Morgan fingerprint density at radius 3 is 1.74 bits per heavy atom. The molecule has 3 aromatic carbocycles. The minimum absolute atomic E-state index is 0.315. The van der Waals surface area contributed by atoms with Crippen LogP contribution < -0.4 is 5.32 Å². The fourth-order valence-electron chi connectivity index (χ4n) is 5.01. The normalized spacial score (nSPS) is 16.5. The Hall–Kier alpha value is -4.20. The second-order valence-electron chi connectivity index (χ2n) is 10.1. The summed E-state index contributed by atoms with van der Waals surface area (Å²) < 4.78 is 11.9. The Bertz CT molecular complexity index is 1560. The van der Waals surface area contributed by atoms with E-state index in [2.05, 4.69) is 5.32 Å². The molecule has 2 heterocycles. The minimum Gasteiger partial charge on any atom is -0.454 e. The maximum Gasteiger partial charge on any atom is 0.337 e. The van der Waals surface area contributed by atoms with Crippen molar-refractivity contribution in [2.45, 2.75) is 45.8 Å². The number of rotatable bonds is 8. The van der Waals surface area contributed by atoms with E-state index < -0.39 is 30.1 Å². The maximum absolute atomic E-state index is 13.9. The van der Waals surface area contributed by atoms with E-state index in [-0.39, 0.29) is 0 Å². The highest BCUT2D eigenvalue weighted by Gasteiger charge is 2.40. The molecule has 0 radical (unpaired) electrons. The van der Waals surface area contributed by atoms with Crippen LogP contribution in [-0.2, 0) is 19.1 Å². The molecule has 0 aliphatic carbocycles. The lowest BCUT2D eigenvalue weighted by Gasteiger charge is -2.30. The Kier molecular flexibility index (Phi) is 8.90. The van der Waals surface area contributed by atoms with Crippen LogP contribution in [0, 0.1) is 0 Å². The van der Waals surface area contributed by atoms with E-state index in [9.17, 15) is 9.59 Å². The van der Waals surface area contributed by atoms with Gasteiger partial charge in [0.05, 0.1) is 22.8 Å². The molecular weight excluding hydrogens is 568 g/mol. The van der Waals surface area contributed by atoms with Gasteiger partial charge < -0.3 is 14.8 Å². The summed E-state index contributed by atoms with van der Waals surface area (Å²) in [7, 11) is 0. The molecule has 1 aliphatic heterocycles. The number of nitrogens with zero attached hydrogens (tertiary/aromatic N) is 1. The predicted octanol–water partition coefficient (Wildman–Crippen LogP) is 8.31. The summed E-state index contributed by atoms with van der Waals surface area (Å²) in [5, 5.41) is 6.48. The van der Waals surface area contributed by atoms with Gasteiger partial charge in [0.1, 0.15) is 17.2 Å². The molecule has 214 valence electrons. The van der Waals surface area contributed by atoms with Crippen LogP contribution >= 0.6 is 22.9 Å². The molecule has 0 saturated heterocycles. The van der Waals surface area contributed by atoms with Crippen molar-refractivity contribution in [1.82, 2.24) is 10.3 Å². The summed E-state index contributed by atoms with van der Waals surface area (Å²) in [5.74, 6) is -1.86. The fourth-order valence-corrected chi connectivity index (χ4v) is 5.98. The zero-order chi connectivity index (χ0) is 29.8. The van der Waals surface area contributed by atoms with Crippen molar-refractivity contribution in [1.29, 1.82) is 0 Å². The first kappa shape index (κ1) is 29.3. The van der Waals surface area contributed by atoms with Crippen molar-refractivity contribution in [2.75, 3.05) is 0 Å². The summed E-state index contributed by atoms with van der Waals surface area (Å²) >= 11 is 7.53. The molecule has 2 atom stereocenters. The summed E-state index contributed by atoms with van der Waals surface area (Å²) in [5.41, 5.74) is 5.00. The number of benzene rings is 3. The van der Waals surface area contributed by atoms with Gasteiger partial charge in [-0.05, 0) is 51.0 Å². The van der Waals surface area contributed by atoms with Gasteiger partial charge in [-0.15, -0.1) is 11.3 Å². The van der Waals surface area contributed by atoms with E-state index in [1.807, 2.05) is 106 Å². The van der Waals surface area contributed by atoms with Gasteiger partial charge in [-0.3, -0.25) is 0 Å². The first-order valence-corrected chi connectivity index (χ1v) is 14.9. The van der Waals surface area contributed by atoms with Gasteiger partial charge in [0.25, 0.3) is 0 Å². The molecule has 1 N–H and O–H groups in total. The first-order valence-electron chi connectivity index (χ1n) is 13.6. The third kappa shape index (κ3) is 6.32. The molecule has 0 bridgehead atoms. The van der Waals surface area contributed by atoms with Crippen molar-refractivity contribution in [3.63, 3.8) is 0 Å². The summed E-state index contributed by atoms with van der Waals surface area (Å²) in [6.07, 6.45) is -1.000. The zero-order valence-electron chi connectivity index (χ0n) is 23.8. The monoisotopic (exact) mass is 598 g/mol. The number of ether oxygens (including phenoxy) is 2. The van der Waals surface area contributed by atoms with E-state index in [1.54, 1.807) is 12.1 Å². The molecule has 0 fully saturated rings. The predicted molar refractivity (Wildman–Crippen MR) is 166 cm³/mol. The van der Waals surface area contributed by atoms with Crippen molar-refractivity contribution < 1.29 is 19.1 Å². The van der Waals surface area contributed by atoms with E-state index in [4.69, 9.17) is 26.1 Å². The molecule has 6 nitrogen and oxygen atoms in total. The van der Waals surface area contributed by atoms with E-state index >= 15 is 0 Å². The molecular formula is C34H31ClN2O4S. The lowest BCUT2D eigenvalue weighted by molar-refractivity contribution is -0.145. The van der Waals surface area contributed by atoms with Gasteiger partial charge in [0, 0.05) is 27.4 Å². The summed E-state index contributed by atoms with van der Waals surface area (Å²) in [6, 6.07) is 26.4. The number of allylic oxidation sites excluding steroid dienone is 2. The Labute approximate surface area is 254 Å². The minimum atomic E-state index is -0.797. The van der Waals surface area contributed by atoms with Gasteiger partial charge in [0.15, 0.2) is 0 Å². The average molecular weight is 599 g/mol. The molecule has 42 heavy (non-hydrogen) atoms. The van der Waals surface area contributed by atoms with Gasteiger partial charge in [0.2, 0.25) is 0 Å². The van der Waals surface area contributed by atoms with Gasteiger partial charge in [-0.2, -0.15) is 0 Å². The third-order valence-corrected chi connectivity index (χ3v) is 8.38. The van der Waals surface area contributed by atoms with Gasteiger partial charge in [-0.1, -0.05) is 84.4 Å². The van der Waals surface area contributed by atoms with Crippen molar-refractivity contribution in [3.8, 4) is 10.6 Å². The molecule has 0 amide bonds. The molecule has 8 heteroatoms. The van der Waals surface area contributed by atoms with Crippen LogP contribution in [-0.4, -0.2) is 16.9 Å². The maximum atomic E-state index is 13.9.